The molecule has 8 nitrogen and oxygen atoms in total. The van der Waals surface area contributed by atoms with Crippen LogP contribution in [-0.4, -0.2) is 75.5 Å². The molecule has 2 fully saturated rings. The van der Waals surface area contributed by atoms with Gasteiger partial charge in [-0.15, -0.1) is 0 Å². The van der Waals surface area contributed by atoms with Crippen LogP contribution in [0.3, 0.4) is 0 Å². The molecule has 1 aliphatic carbocycles. The molecule has 1 N–H and O–H groups in total. The molecule has 0 atom stereocenters. The first-order valence-corrected chi connectivity index (χ1v) is 13.2. The van der Waals surface area contributed by atoms with E-state index in [1.54, 1.807) is 0 Å². The zero-order valence-electron chi connectivity index (χ0n) is 21.0. The molecular weight excluding hydrogens is 452 g/mol. The Morgan fingerprint density at radius 2 is 1.64 bits per heavy atom. The lowest BCUT2D eigenvalue weighted by Gasteiger charge is -2.34. The van der Waals surface area contributed by atoms with Crippen LogP contribution >= 0.6 is 0 Å². The molecule has 0 unspecified atom stereocenters. The smallest absolute Gasteiger partial charge is 0.321 e. The Bertz CT molecular complexity index is 1300. The third-order valence-corrected chi connectivity index (χ3v) is 7.99. The number of carbonyl (C=O) groups excluding carboxylic acids is 2. The van der Waals surface area contributed by atoms with Crippen LogP contribution in [0, 0.1) is 0 Å². The van der Waals surface area contributed by atoms with Crippen LogP contribution in [-0.2, 0) is 26.4 Å². The summed E-state index contributed by atoms with van der Waals surface area (Å²) < 4.78 is 2.12. The van der Waals surface area contributed by atoms with E-state index < -0.39 is 0 Å². The van der Waals surface area contributed by atoms with Gasteiger partial charge in [-0.3, -0.25) is 9.69 Å². The number of likely N-dealkylation sites (tertiary alicyclic amines) is 1. The van der Waals surface area contributed by atoms with Gasteiger partial charge in [-0.25, -0.2) is 9.78 Å². The first-order valence-electron chi connectivity index (χ1n) is 13.2. The summed E-state index contributed by atoms with van der Waals surface area (Å²) in [6, 6.07) is 12.1. The Labute approximate surface area is 211 Å². The van der Waals surface area contributed by atoms with Crippen molar-refractivity contribution in [2.75, 3.05) is 44.6 Å². The summed E-state index contributed by atoms with van der Waals surface area (Å²) in [5.41, 5.74) is 6.30. The second kappa shape index (κ2) is 9.58. The van der Waals surface area contributed by atoms with Crippen molar-refractivity contribution < 1.29 is 9.59 Å². The molecule has 2 aromatic carbocycles. The first kappa shape index (κ1) is 23.0. The fourth-order valence-corrected chi connectivity index (χ4v) is 5.79. The highest BCUT2D eigenvalue weighted by Crippen LogP contribution is 2.25. The van der Waals surface area contributed by atoms with Crippen molar-refractivity contribution in [3.05, 3.63) is 58.9 Å². The highest BCUT2D eigenvalue weighted by atomic mass is 16.2. The zero-order valence-corrected chi connectivity index (χ0v) is 21.0. The number of anilines is 1. The van der Waals surface area contributed by atoms with Crippen LogP contribution in [0.25, 0.3) is 11.0 Å². The SMILES string of the molecule is Cn1c(CN2CCN(C(=O)Nc3ccc4c(c3)CCC4)CC2)nc2cc(C(=O)N3CCCC3)ccc21. The molecule has 2 saturated heterocycles. The van der Waals surface area contributed by atoms with Gasteiger partial charge in [-0.2, -0.15) is 0 Å². The molecule has 3 heterocycles. The van der Waals surface area contributed by atoms with Gasteiger partial charge in [-0.05, 0) is 73.6 Å². The second-order valence-corrected chi connectivity index (χ2v) is 10.3. The number of hydrogen-bond acceptors (Lipinski definition) is 4. The number of benzene rings is 2. The van der Waals surface area contributed by atoms with E-state index in [9.17, 15) is 9.59 Å². The lowest BCUT2D eigenvalue weighted by Crippen LogP contribution is -2.49. The number of rotatable bonds is 4. The van der Waals surface area contributed by atoms with Gasteiger partial charge in [0.1, 0.15) is 5.82 Å². The molecular formula is C28H34N6O2. The predicted molar refractivity (Wildman–Crippen MR) is 140 cm³/mol. The summed E-state index contributed by atoms with van der Waals surface area (Å²) >= 11 is 0. The Kier molecular flexibility index (Phi) is 6.13. The number of amides is 3. The van der Waals surface area contributed by atoms with Crippen LogP contribution in [0.1, 0.15) is 46.6 Å². The van der Waals surface area contributed by atoms with Crippen LogP contribution in [0.5, 0.6) is 0 Å². The lowest BCUT2D eigenvalue weighted by molar-refractivity contribution is 0.0793. The molecule has 0 bridgehead atoms. The number of nitrogens with zero attached hydrogens (tertiary/aromatic N) is 5. The van der Waals surface area contributed by atoms with Crippen LogP contribution < -0.4 is 5.32 Å². The Morgan fingerprint density at radius 1 is 0.861 bits per heavy atom. The lowest BCUT2D eigenvalue weighted by atomic mass is 10.1. The zero-order chi connectivity index (χ0) is 24.6. The van der Waals surface area contributed by atoms with E-state index in [0.717, 1.165) is 86.5 Å². The van der Waals surface area contributed by atoms with Gasteiger partial charge >= 0.3 is 6.03 Å². The number of piperazine rings is 1. The van der Waals surface area contributed by atoms with Gasteiger partial charge in [0.2, 0.25) is 0 Å². The highest BCUT2D eigenvalue weighted by Gasteiger charge is 2.24. The fraction of sp³-hybridized carbons (Fsp3) is 0.464. The molecule has 1 aromatic heterocycles. The second-order valence-electron chi connectivity index (χ2n) is 10.3. The van der Waals surface area contributed by atoms with E-state index in [-0.39, 0.29) is 11.9 Å². The van der Waals surface area contributed by atoms with Crippen molar-refractivity contribution in [1.29, 1.82) is 0 Å². The van der Waals surface area contributed by atoms with Crippen molar-refractivity contribution in [3.8, 4) is 0 Å². The number of imidazole rings is 1. The summed E-state index contributed by atoms with van der Waals surface area (Å²) in [5.74, 6) is 1.09. The monoisotopic (exact) mass is 486 g/mol. The molecule has 3 aromatic rings. The summed E-state index contributed by atoms with van der Waals surface area (Å²) in [6.07, 6.45) is 5.64. The maximum absolute atomic E-state index is 12.8. The standard InChI is InChI=1S/C28H34N6O2/c1-31-25-10-8-22(27(35)33-11-2-3-12-33)18-24(25)30-26(31)19-32-13-15-34(16-14-32)28(36)29-23-9-7-20-5-4-6-21(20)17-23/h7-10,17-18H,2-6,11-16,19H2,1H3,(H,29,36). The minimum atomic E-state index is -0.0227. The Hall–Kier alpha value is -3.39. The highest BCUT2D eigenvalue weighted by molar-refractivity contribution is 5.97. The van der Waals surface area contributed by atoms with Crippen molar-refractivity contribution in [1.82, 2.24) is 24.3 Å². The molecule has 0 saturated carbocycles. The number of nitrogens with one attached hydrogen (secondary N) is 1. The first-order chi connectivity index (χ1) is 17.5. The number of fused-ring (bicyclic) bond motifs is 2. The summed E-state index contributed by atoms with van der Waals surface area (Å²) in [7, 11) is 2.03. The molecule has 3 aliphatic rings. The minimum absolute atomic E-state index is 0.0227. The maximum atomic E-state index is 12.8. The number of urea groups is 1. The molecule has 6 rings (SSSR count). The minimum Gasteiger partial charge on any atom is -0.339 e. The van der Waals surface area contributed by atoms with Crippen LogP contribution in [0.2, 0.25) is 0 Å². The predicted octanol–water partition coefficient (Wildman–Crippen LogP) is 3.65. The van der Waals surface area contributed by atoms with Crippen molar-refractivity contribution in [3.63, 3.8) is 0 Å². The van der Waals surface area contributed by atoms with Crippen molar-refractivity contribution >= 4 is 28.7 Å². The number of aromatic nitrogens is 2. The average Bonchev–Trinajstić information content (AvgIpc) is 3.65. The molecule has 188 valence electrons. The van der Waals surface area contributed by atoms with E-state index in [0.29, 0.717) is 13.1 Å². The van der Waals surface area contributed by atoms with Crippen LogP contribution in [0.4, 0.5) is 10.5 Å². The van der Waals surface area contributed by atoms with E-state index in [1.165, 1.54) is 17.5 Å². The normalized spacial score (nSPS) is 18.1. The van der Waals surface area contributed by atoms with Gasteiger partial charge in [-0.1, -0.05) is 6.07 Å². The number of hydrogen-bond donors (Lipinski definition) is 1. The van der Waals surface area contributed by atoms with Gasteiger partial charge in [0.15, 0.2) is 0 Å². The fourth-order valence-electron chi connectivity index (χ4n) is 5.79. The van der Waals surface area contributed by atoms with E-state index in [2.05, 4.69) is 26.9 Å². The molecule has 0 radical (unpaired) electrons. The largest absolute Gasteiger partial charge is 0.339 e. The number of carbonyl (C=O) groups is 2. The number of aryl methyl sites for hydroxylation is 3. The summed E-state index contributed by atoms with van der Waals surface area (Å²) in [6.45, 7) is 5.41. The van der Waals surface area contributed by atoms with Gasteiger partial charge < -0.3 is 19.7 Å². The molecule has 36 heavy (non-hydrogen) atoms. The molecule has 3 amide bonds. The van der Waals surface area contributed by atoms with Crippen molar-refractivity contribution in [2.45, 2.75) is 38.6 Å². The van der Waals surface area contributed by atoms with Crippen molar-refractivity contribution in [2.24, 2.45) is 7.05 Å². The quantitative estimate of drug-likeness (QED) is 0.611. The van der Waals surface area contributed by atoms with E-state index in [4.69, 9.17) is 4.98 Å². The molecule has 8 heteroatoms. The third-order valence-electron chi connectivity index (χ3n) is 7.99. The van der Waals surface area contributed by atoms with Gasteiger partial charge in [0.05, 0.1) is 17.6 Å². The van der Waals surface area contributed by atoms with E-state index >= 15 is 0 Å². The van der Waals surface area contributed by atoms with Gasteiger partial charge in [0.25, 0.3) is 5.91 Å². The van der Waals surface area contributed by atoms with E-state index in [1.807, 2.05) is 41.1 Å². The summed E-state index contributed by atoms with van der Waals surface area (Å²) in [4.78, 5) is 36.7. The van der Waals surface area contributed by atoms with Crippen LogP contribution in [0.15, 0.2) is 36.4 Å². The van der Waals surface area contributed by atoms with Gasteiger partial charge in [0, 0.05) is 57.6 Å². The topological polar surface area (TPSA) is 73.7 Å². The average molecular weight is 487 g/mol. The summed E-state index contributed by atoms with van der Waals surface area (Å²) in [5, 5.41) is 3.09. The maximum Gasteiger partial charge on any atom is 0.321 e. The third kappa shape index (κ3) is 4.46. The Balaban J connectivity index is 1.06. The molecule has 0 spiro atoms. The Morgan fingerprint density at radius 3 is 2.44 bits per heavy atom. The molecule has 2 aliphatic heterocycles.